The Balaban J connectivity index is 2.12. The molecule has 0 radical (unpaired) electrons. The number of methoxy groups -OCH3 is 1. The summed E-state index contributed by atoms with van der Waals surface area (Å²) >= 11 is 0. The van der Waals surface area contributed by atoms with Gasteiger partial charge in [-0.25, -0.2) is 13.1 Å². The third-order valence-electron chi connectivity index (χ3n) is 4.06. The molecule has 6 nitrogen and oxygen atoms in total. The number of nitrogens with one attached hydrogen (secondary N) is 1. The standard InChI is InChI=1S/C20H24N2O4S/c1-13-8-14(2)20(15(3)9-13)27(23,24)22-12-16(4)26-18-7-6-17(11-21)10-19(18)25-5/h6-10,16,22H,12H2,1-5H3. The van der Waals surface area contributed by atoms with E-state index in [1.807, 2.05) is 25.1 Å². The van der Waals surface area contributed by atoms with Crippen molar-refractivity contribution in [2.45, 2.75) is 38.7 Å². The van der Waals surface area contributed by atoms with Crippen LogP contribution in [-0.4, -0.2) is 28.2 Å². The number of hydrogen-bond donors (Lipinski definition) is 1. The minimum absolute atomic E-state index is 0.0955. The fraction of sp³-hybridized carbons (Fsp3) is 0.350. The Labute approximate surface area is 160 Å². The Hall–Kier alpha value is -2.56. The molecule has 2 aromatic rings. The molecule has 0 aliphatic heterocycles. The number of aryl methyl sites for hydroxylation is 3. The van der Waals surface area contributed by atoms with Gasteiger partial charge in [-0.3, -0.25) is 0 Å². The predicted molar refractivity (Wildman–Crippen MR) is 104 cm³/mol. The molecule has 2 rings (SSSR count). The zero-order valence-electron chi connectivity index (χ0n) is 16.2. The summed E-state index contributed by atoms with van der Waals surface area (Å²) in [6, 6.07) is 10.6. The smallest absolute Gasteiger partial charge is 0.241 e. The molecular formula is C20H24N2O4S. The molecule has 0 aromatic heterocycles. The molecule has 1 atom stereocenters. The van der Waals surface area contributed by atoms with Crippen LogP contribution in [0.3, 0.4) is 0 Å². The van der Waals surface area contributed by atoms with Crippen LogP contribution in [0.2, 0.25) is 0 Å². The van der Waals surface area contributed by atoms with Crippen molar-refractivity contribution in [1.29, 1.82) is 5.26 Å². The molecule has 1 unspecified atom stereocenters. The second-order valence-corrected chi connectivity index (χ2v) is 8.19. The van der Waals surface area contributed by atoms with Crippen LogP contribution in [0, 0.1) is 32.1 Å². The van der Waals surface area contributed by atoms with E-state index in [-0.39, 0.29) is 6.54 Å². The Morgan fingerprint density at radius 3 is 2.30 bits per heavy atom. The second kappa shape index (κ2) is 8.42. The first-order chi connectivity index (χ1) is 12.7. The first kappa shape index (κ1) is 20.7. The van der Waals surface area contributed by atoms with Gasteiger partial charge in [0.25, 0.3) is 0 Å². The Kier molecular flexibility index (Phi) is 6.47. The lowest BCUT2D eigenvalue weighted by Gasteiger charge is -2.19. The third-order valence-corrected chi connectivity index (χ3v) is 5.78. The molecule has 0 saturated carbocycles. The molecule has 2 aromatic carbocycles. The normalized spacial score (nSPS) is 12.3. The Morgan fingerprint density at radius 1 is 1.11 bits per heavy atom. The monoisotopic (exact) mass is 388 g/mol. The minimum atomic E-state index is -3.66. The second-order valence-electron chi connectivity index (χ2n) is 6.49. The number of ether oxygens (including phenoxy) is 2. The molecular weight excluding hydrogens is 364 g/mol. The van der Waals surface area contributed by atoms with Crippen molar-refractivity contribution in [1.82, 2.24) is 4.72 Å². The summed E-state index contributed by atoms with van der Waals surface area (Å²) in [6.45, 7) is 7.37. The molecule has 144 valence electrons. The van der Waals surface area contributed by atoms with Gasteiger partial charge in [0.05, 0.1) is 23.6 Å². The van der Waals surface area contributed by atoms with Crippen molar-refractivity contribution < 1.29 is 17.9 Å². The van der Waals surface area contributed by atoms with Crippen LogP contribution in [0.4, 0.5) is 0 Å². The molecule has 7 heteroatoms. The molecule has 0 heterocycles. The van der Waals surface area contributed by atoms with Gasteiger partial charge in [-0.1, -0.05) is 17.7 Å². The van der Waals surface area contributed by atoms with Crippen molar-refractivity contribution >= 4 is 10.0 Å². The van der Waals surface area contributed by atoms with E-state index in [4.69, 9.17) is 14.7 Å². The SMILES string of the molecule is COc1cc(C#N)ccc1OC(C)CNS(=O)(=O)c1c(C)cc(C)cc1C. The molecule has 27 heavy (non-hydrogen) atoms. The first-order valence-corrected chi connectivity index (χ1v) is 9.98. The van der Waals surface area contributed by atoms with Crippen molar-refractivity contribution in [2.24, 2.45) is 0 Å². The Bertz CT molecular complexity index is 955. The average molecular weight is 388 g/mol. The van der Waals surface area contributed by atoms with Gasteiger partial charge in [-0.05, 0) is 51.0 Å². The lowest BCUT2D eigenvalue weighted by atomic mass is 10.1. The van der Waals surface area contributed by atoms with Crippen molar-refractivity contribution in [3.05, 3.63) is 52.6 Å². The lowest BCUT2D eigenvalue weighted by Crippen LogP contribution is -2.34. The van der Waals surface area contributed by atoms with Crippen LogP contribution in [0.15, 0.2) is 35.2 Å². The molecule has 1 N–H and O–H groups in total. The molecule has 0 amide bonds. The summed E-state index contributed by atoms with van der Waals surface area (Å²) in [4.78, 5) is 0.302. The van der Waals surface area contributed by atoms with E-state index in [0.29, 0.717) is 33.1 Å². The van der Waals surface area contributed by atoms with Gasteiger partial charge < -0.3 is 9.47 Å². The van der Waals surface area contributed by atoms with Crippen molar-refractivity contribution in [3.63, 3.8) is 0 Å². The summed E-state index contributed by atoms with van der Waals surface area (Å²) < 4.78 is 39.1. The molecule has 0 saturated heterocycles. The van der Waals surface area contributed by atoms with Gasteiger partial charge in [-0.15, -0.1) is 0 Å². The van der Waals surface area contributed by atoms with Crippen LogP contribution in [0.25, 0.3) is 0 Å². The lowest BCUT2D eigenvalue weighted by molar-refractivity contribution is 0.214. The zero-order valence-corrected chi connectivity index (χ0v) is 17.0. The number of hydrogen-bond acceptors (Lipinski definition) is 5. The van der Waals surface area contributed by atoms with Gasteiger partial charge in [0.1, 0.15) is 6.10 Å². The van der Waals surface area contributed by atoms with E-state index in [0.717, 1.165) is 5.56 Å². The predicted octanol–water partition coefficient (Wildman–Crippen LogP) is 3.24. The number of benzene rings is 2. The summed E-state index contributed by atoms with van der Waals surface area (Å²) in [5.74, 6) is 0.875. The van der Waals surface area contributed by atoms with Gasteiger partial charge >= 0.3 is 0 Å². The highest BCUT2D eigenvalue weighted by atomic mass is 32.2. The molecule has 0 bridgehead atoms. The first-order valence-electron chi connectivity index (χ1n) is 8.50. The molecule has 0 spiro atoms. The van der Waals surface area contributed by atoms with Crippen LogP contribution in [-0.2, 0) is 10.0 Å². The van der Waals surface area contributed by atoms with E-state index in [2.05, 4.69) is 4.72 Å². The largest absolute Gasteiger partial charge is 0.493 e. The summed E-state index contributed by atoms with van der Waals surface area (Å²) in [6.07, 6.45) is -0.437. The van der Waals surface area contributed by atoms with E-state index < -0.39 is 16.1 Å². The summed E-state index contributed by atoms with van der Waals surface area (Å²) in [5, 5.41) is 8.95. The minimum Gasteiger partial charge on any atom is -0.493 e. The average Bonchev–Trinajstić information content (AvgIpc) is 2.59. The third kappa shape index (κ3) is 5.00. The van der Waals surface area contributed by atoms with Gasteiger partial charge in [0.15, 0.2) is 11.5 Å². The fourth-order valence-electron chi connectivity index (χ4n) is 2.98. The van der Waals surface area contributed by atoms with Crippen LogP contribution in [0.1, 0.15) is 29.2 Å². The maximum absolute atomic E-state index is 12.7. The van der Waals surface area contributed by atoms with E-state index >= 15 is 0 Å². The maximum Gasteiger partial charge on any atom is 0.241 e. The molecule has 0 fully saturated rings. The van der Waals surface area contributed by atoms with E-state index in [1.165, 1.54) is 7.11 Å². The number of sulfonamides is 1. The number of rotatable bonds is 7. The van der Waals surface area contributed by atoms with Crippen molar-refractivity contribution in [3.8, 4) is 17.6 Å². The van der Waals surface area contributed by atoms with E-state index in [9.17, 15) is 8.42 Å². The highest BCUT2D eigenvalue weighted by molar-refractivity contribution is 7.89. The fourth-order valence-corrected chi connectivity index (χ4v) is 4.55. The number of nitriles is 1. The van der Waals surface area contributed by atoms with Crippen LogP contribution >= 0.6 is 0 Å². The van der Waals surface area contributed by atoms with Crippen molar-refractivity contribution in [2.75, 3.05) is 13.7 Å². The summed E-state index contributed by atoms with van der Waals surface area (Å²) in [5.41, 5.74) is 2.90. The van der Waals surface area contributed by atoms with Gasteiger partial charge in [0.2, 0.25) is 10.0 Å². The summed E-state index contributed by atoms with van der Waals surface area (Å²) in [7, 11) is -2.17. The Morgan fingerprint density at radius 2 is 1.74 bits per heavy atom. The van der Waals surface area contributed by atoms with E-state index in [1.54, 1.807) is 39.0 Å². The topological polar surface area (TPSA) is 88.4 Å². The molecule has 0 aliphatic rings. The van der Waals surface area contributed by atoms with Gasteiger partial charge in [-0.2, -0.15) is 5.26 Å². The highest BCUT2D eigenvalue weighted by Gasteiger charge is 2.21. The maximum atomic E-state index is 12.7. The molecule has 0 aliphatic carbocycles. The van der Waals surface area contributed by atoms with Crippen LogP contribution < -0.4 is 14.2 Å². The van der Waals surface area contributed by atoms with Crippen LogP contribution in [0.5, 0.6) is 11.5 Å². The zero-order chi connectivity index (χ0) is 20.2. The van der Waals surface area contributed by atoms with Gasteiger partial charge in [0, 0.05) is 12.6 Å². The quantitative estimate of drug-likeness (QED) is 0.787. The highest BCUT2D eigenvalue weighted by Crippen LogP contribution is 2.29. The number of nitrogens with zero attached hydrogens (tertiary/aromatic N) is 1.